The van der Waals surface area contributed by atoms with Crippen LogP contribution < -0.4 is 5.32 Å². The van der Waals surface area contributed by atoms with Crippen molar-refractivity contribution in [2.75, 3.05) is 11.6 Å². The van der Waals surface area contributed by atoms with Gasteiger partial charge in [-0.1, -0.05) is 0 Å². The lowest BCUT2D eigenvalue weighted by molar-refractivity contribution is 0.587. The smallest absolute Gasteiger partial charge is 0.130 e. The molecule has 0 spiro atoms. The number of nitrogens with zero attached hydrogens (tertiary/aromatic N) is 2. The van der Waals surface area contributed by atoms with Crippen molar-refractivity contribution in [2.45, 2.75) is 11.6 Å². The molecule has 0 aliphatic heterocycles. The van der Waals surface area contributed by atoms with E-state index in [1.54, 1.807) is 6.07 Å². The molecular formula is C12H11F2N3S. The van der Waals surface area contributed by atoms with Gasteiger partial charge in [-0.3, -0.25) is 0 Å². The van der Waals surface area contributed by atoms with Crippen LogP contribution in [-0.2, 0) is 6.54 Å². The van der Waals surface area contributed by atoms with Gasteiger partial charge in [-0.2, -0.15) is 0 Å². The summed E-state index contributed by atoms with van der Waals surface area (Å²) >= 11 is 1.49. The van der Waals surface area contributed by atoms with Gasteiger partial charge in [0.2, 0.25) is 0 Å². The fraction of sp³-hybridized carbons (Fsp3) is 0.167. The van der Waals surface area contributed by atoms with Crippen molar-refractivity contribution >= 4 is 17.6 Å². The second kappa shape index (κ2) is 5.77. The second-order valence-electron chi connectivity index (χ2n) is 3.53. The van der Waals surface area contributed by atoms with E-state index in [4.69, 9.17) is 0 Å². The summed E-state index contributed by atoms with van der Waals surface area (Å²) in [6, 6.07) is 5.12. The van der Waals surface area contributed by atoms with Crippen LogP contribution in [-0.4, -0.2) is 16.2 Å². The van der Waals surface area contributed by atoms with Gasteiger partial charge < -0.3 is 5.32 Å². The third kappa shape index (κ3) is 3.16. The second-order valence-corrected chi connectivity index (χ2v) is 4.36. The van der Waals surface area contributed by atoms with E-state index in [1.165, 1.54) is 24.2 Å². The molecule has 18 heavy (non-hydrogen) atoms. The molecule has 0 atom stereocenters. The van der Waals surface area contributed by atoms with Gasteiger partial charge in [0.25, 0.3) is 0 Å². The topological polar surface area (TPSA) is 37.8 Å². The molecule has 2 rings (SSSR count). The SMILES string of the molecule is CSc1cc(NCc2cc(F)ccc2F)ncn1. The molecule has 1 aromatic heterocycles. The molecular weight excluding hydrogens is 256 g/mol. The van der Waals surface area contributed by atoms with E-state index in [1.807, 2.05) is 6.26 Å². The van der Waals surface area contributed by atoms with Crippen LogP contribution in [0.4, 0.5) is 14.6 Å². The van der Waals surface area contributed by atoms with Crippen LogP contribution in [0.5, 0.6) is 0 Å². The number of hydrogen-bond donors (Lipinski definition) is 1. The molecule has 3 nitrogen and oxygen atoms in total. The number of aromatic nitrogens is 2. The summed E-state index contributed by atoms with van der Waals surface area (Å²) < 4.78 is 26.3. The lowest BCUT2D eigenvalue weighted by Gasteiger charge is -2.07. The first-order valence-corrected chi connectivity index (χ1v) is 6.45. The van der Waals surface area contributed by atoms with Crippen LogP contribution in [0.15, 0.2) is 35.6 Å². The van der Waals surface area contributed by atoms with Gasteiger partial charge in [-0.25, -0.2) is 18.7 Å². The molecule has 0 aliphatic rings. The van der Waals surface area contributed by atoms with Gasteiger partial charge in [0.1, 0.15) is 28.8 Å². The van der Waals surface area contributed by atoms with E-state index < -0.39 is 11.6 Å². The average Bonchev–Trinajstić information content (AvgIpc) is 2.40. The van der Waals surface area contributed by atoms with Crippen LogP contribution in [0, 0.1) is 11.6 Å². The number of anilines is 1. The number of thioether (sulfide) groups is 1. The minimum Gasteiger partial charge on any atom is -0.366 e. The summed E-state index contributed by atoms with van der Waals surface area (Å²) in [5.74, 6) is -0.318. The van der Waals surface area contributed by atoms with Crippen molar-refractivity contribution in [3.8, 4) is 0 Å². The molecule has 1 N–H and O–H groups in total. The Morgan fingerprint density at radius 3 is 2.83 bits per heavy atom. The van der Waals surface area contributed by atoms with Gasteiger partial charge in [-0.05, 0) is 24.5 Å². The Bertz CT molecular complexity index is 549. The monoisotopic (exact) mass is 267 g/mol. The van der Waals surface area contributed by atoms with Gasteiger partial charge in [0.15, 0.2) is 0 Å². The Kier molecular flexibility index (Phi) is 4.09. The summed E-state index contributed by atoms with van der Waals surface area (Å²) in [6.07, 6.45) is 3.33. The van der Waals surface area contributed by atoms with Crippen molar-refractivity contribution < 1.29 is 8.78 Å². The Morgan fingerprint density at radius 2 is 2.06 bits per heavy atom. The highest BCUT2D eigenvalue weighted by Gasteiger charge is 2.04. The van der Waals surface area contributed by atoms with Crippen molar-refractivity contribution in [1.82, 2.24) is 9.97 Å². The predicted molar refractivity (Wildman–Crippen MR) is 67.5 cm³/mol. The highest BCUT2D eigenvalue weighted by atomic mass is 32.2. The highest BCUT2D eigenvalue weighted by Crippen LogP contribution is 2.15. The van der Waals surface area contributed by atoms with Crippen molar-refractivity contribution in [1.29, 1.82) is 0 Å². The van der Waals surface area contributed by atoms with Gasteiger partial charge in [0, 0.05) is 18.2 Å². The summed E-state index contributed by atoms with van der Waals surface area (Å²) in [4.78, 5) is 8.03. The maximum Gasteiger partial charge on any atom is 0.130 e. The largest absolute Gasteiger partial charge is 0.366 e. The van der Waals surface area contributed by atoms with Crippen LogP contribution in [0.25, 0.3) is 0 Å². The number of rotatable bonds is 4. The molecule has 94 valence electrons. The van der Waals surface area contributed by atoms with Crippen molar-refractivity contribution in [3.63, 3.8) is 0 Å². The minimum atomic E-state index is -0.458. The van der Waals surface area contributed by atoms with E-state index >= 15 is 0 Å². The molecule has 0 saturated carbocycles. The van der Waals surface area contributed by atoms with E-state index in [9.17, 15) is 8.78 Å². The first-order chi connectivity index (χ1) is 8.69. The Hall–Kier alpha value is -1.69. The van der Waals surface area contributed by atoms with Crippen LogP contribution >= 0.6 is 11.8 Å². The first kappa shape index (κ1) is 12.8. The zero-order valence-corrected chi connectivity index (χ0v) is 10.5. The minimum absolute atomic E-state index is 0.175. The van der Waals surface area contributed by atoms with E-state index in [-0.39, 0.29) is 12.1 Å². The third-order valence-corrected chi connectivity index (χ3v) is 2.96. The summed E-state index contributed by atoms with van der Waals surface area (Å²) in [5, 5.41) is 3.74. The molecule has 2 aromatic rings. The van der Waals surface area contributed by atoms with Crippen LogP contribution in [0.3, 0.4) is 0 Å². The lowest BCUT2D eigenvalue weighted by atomic mass is 10.2. The van der Waals surface area contributed by atoms with Gasteiger partial charge >= 0.3 is 0 Å². The Labute approximate surface area is 108 Å². The highest BCUT2D eigenvalue weighted by molar-refractivity contribution is 7.98. The first-order valence-electron chi connectivity index (χ1n) is 5.23. The normalized spacial score (nSPS) is 10.4. The summed E-state index contributed by atoms with van der Waals surface area (Å²) in [6.45, 7) is 0.175. The quantitative estimate of drug-likeness (QED) is 0.682. The molecule has 0 aliphatic carbocycles. The summed E-state index contributed by atoms with van der Waals surface area (Å²) in [5.41, 5.74) is 0.263. The standard InChI is InChI=1S/C12H11F2N3S/c1-18-12-5-11(16-7-17-12)15-6-8-4-9(13)2-3-10(8)14/h2-5,7H,6H2,1H3,(H,15,16,17). The molecule has 1 aromatic carbocycles. The number of halogens is 2. The predicted octanol–water partition coefficient (Wildman–Crippen LogP) is 3.09. The van der Waals surface area contributed by atoms with Crippen molar-refractivity contribution in [3.05, 3.63) is 47.8 Å². The fourth-order valence-corrected chi connectivity index (χ4v) is 1.79. The Morgan fingerprint density at radius 1 is 1.22 bits per heavy atom. The number of benzene rings is 1. The third-order valence-electron chi connectivity index (χ3n) is 2.32. The maximum absolute atomic E-state index is 13.4. The molecule has 0 radical (unpaired) electrons. The maximum atomic E-state index is 13.4. The number of nitrogens with one attached hydrogen (secondary N) is 1. The summed E-state index contributed by atoms with van der Waals surface area (Å²) in [7, 11) is 0. The van der Waals surface area contributed by atoms with Gasteiger partial charge in [0.05, 0.1) is 0 Å². The molecule has 1 heterocycles. The molecule has 0 bridgehead atoms. The number of hydrogen-bond acceptors (Lipinski definition) is 4. The zero-order chi connectivity index (χ0) is 13.0. The molecule has 0 saturated heterocycles. The van der Waals surface area contributed by atoms with Crippen LogP contribution in [0.2, 0.25) is 0 Å². The molecule has 6 heteroatoms. The molecule has 0 unspecified atom stereocenters. The fourth-order valence-electron chi connectivity index (χ4n) is 1.41. The lowest BCUT2D eigenvalue weighted by Crippen LogP contribution is -2.04. The van der Waals surface area contributed by atoms with Gasteiger partial charge in [-0.15, -0.1) is 11.8 Å². The molecule has 0 amide bonds. The Balaban J connectivity index is 2.08. The van der Waals surface area contributed by atoms with E-state index in [0.29, 0.717) is 5.82 Å². The zero-order valence-electron chi connectivity index (χ0n) is 9.65. The molecule has 0 fully saturated rings. The average molecular weight is 267 g/mol. The van der Waals surface area contributed by atoms with Crippen LogP contribution in [0.1, 0.15) is 5.56 Å². The van der Waals surface area contributed by atoms with Crippen molar-refractivity contribution in [2.24, 2.45) is 0 Å². The van der Waals surface area contributed by atoms with E-state index in [2.05, 4.69) is 15.3 Å². The van der Waals surface area contributed by atoms with E-state index in [0.717, 1.165) is 17.2 Å².